The zero-order valence-electron chi connectivity index (χ0n) is 11.1. The van der Waals surface area contributed by atoms with Gasteiger partial charge in [-0.2, -0.15) is 5.26 Å². The molecule has 0 aliphatic carbocycles. The lowest BCUT2D eigenvalue weighted by Gasteiger charge is -2.35. The highest BCUT2D eigenvalue weighted by Gasteiger charge is 2.22. The van der Waals surface area contributed by atoms with Gasteiger partial charge in [-0.3, -0.25) is 4.90 Å². The molecule has 0 saturated carbocycles. The van der Waals surface area contributed by atoms with Crippen LogP contribution < -0.4 is 0 Å². The quantitative estimate of drug-likeness (QED) is 0.819. The molecule has 96 valence electrons. The molecule has 1 aromatic rings. The van der Waals surface area contributed by atoms with Crippen molar-refractivity contribution >= 4 is 0 Å². The summed E-state index contributed by atoms with van der Waals surface area (Å²) in [5, 5.41) is 8.85. The SMILES string of the molecule is CC1CN(Cc2ccccc2CC#N)CC(C)O1. The molecule has 1 heterocycles. The van der Waals surface area contributed by atoms with Crippen molar-refractivity contribution < 1.29 is 4.74 Å². The first-order valence-corrected chi connectivity index (χ1v) is 6.50. The maximum absolute atomic E-state index is 8.85. The van der Waals surface area contributed by atoms with E-state index in [1.807, 2.05) is 18.2 Å². The van der Waals surface area contributed by atoms with Gasteiger partial charge in [0.25, 0.3) is 0 Å². The van der Waals surface area contributed by atoms with Crippen molar-refractivity contribution in [2.24, 2.45) is 0 Å². The van der Waals surface area contributed by atoms with Gasteiger partial charge in [-0.05, 0) is 25.0 Å². The maximum Gasteiger partial charge on any atom is 0.0678 e. The van der Waals surface area contributed by atoms with Gasteiger partial charge in [-0.1, -0.05) is 24.3 Å². The van der Waals surface area contributed by atoms with E-state index in [0.717, 1.165) is 25.2 Å². The minimum Gasteiger partial charge on any atom is -0.373 e. The first-order valence-electron chi connectivity index (χ1n) is 6.50. The predicted molar refractivity (Wildman–Crippen MR) is 71.0 cm³/mol. The molecule has 0 radical (unpaired) electrons. The Balaban J connectivity index is 2.07. The van der Waals surface area contributed by atoms with Crippen molar-refractivity contribution in [3.05, 3.63) is 35.4 Å². The highest BCUT2D eigenvalue weighted by atomic mass is 16.5. The standard InChI is InChI=1S/C15H20N2O/c1-12-9-17(10-13(2)18-12)11-15-6-4-3-5-14(15)7-8-16/h3-6,12-13H,7,9-11H2,1-2H3. The topological polar surface area (TPSA) is 36.3 Å². The summed E-state index contributed by atoms with van der Waals surface area (Å²) in [6.45, 7) is 7.07. The van der Waals surface area contributed by atoms with Crippen LogP contribution in [0.25, 0.3) is 0 Å². The second kappa shape index (κ2) is 5.99. The summed E-state index contributed by atoms with van der Waals surface area (Å²) in [4.78, 5) is 2.41. The highest BCUT2D eigenvalue weighted by molar-refractivity contribution is 5.29. The van der Waals surface area contributed by atoms with Gasteiger partial charge in [0, 0.05) is 19.6 Å². The first-order chi connectivity index (χ1) is 8.69. The molecule has 2 atom stereocenters. The molecule has 2 unspecified atom stereocenters. The number of rotatable bonds is 3. The zero-order chi connectivity index (χ0) is 13.0. The van der Waals surface area contributed by atoms with E-state index in [0.29, 0.717) is 6.42 Å². The van der Waals surface area contributed by atoms with E-state index in [1.54, 1.807) is 0 Å². The number of morpholine rings is 1. The van der Waals surface area contributed by atoms with Crippen molar-refractivity contribution in [1.82, 2.24) is 4.90 Å². The third kappa shape index (κ3) is 3.32. The summed E-state index contributed by atoms with van der Waals surface area (Å²) in [5.41, 5.74) is 2.41. The molecule has 0 bridgehead atoms. The van der Waals surface area contributed by atoms with Gasteiger partial charge in [-0.25, -0.2) is 0 Å². The van der Waals surface area contributed by atoms with Crippen LogP contribution in [0.4, 0.5) is 0 Å². The van der Waals surface area contributed by atoms with Crippen LogP contribution in [0.2, 0.25) is 0 Å². The fraction of sp³-hybridized carbons (Fsp3) is 0.533. The predicted octanol–water partition coefficient (Wildman–Crippen LogP) is 2.36. The molecule has 1 aliphatic rings. The van der Waals surface area contributed by atoms with Crippen molar-refractivity contribution in [2.45, 2.75) is 39.0 Å². The molecule has 0 amide bonds. The van der Waals surface area contributed by atoms with Crippen LogP contribution in [0, 0.1) is 11.3 Å². The Morgan fingerprint density at radius 1 is 1.22 bits per heavy atom. The van der Waals surface area contributed by atoms with Crippen LogP contribution in [0.1, 0.15) is 25.0 Å². The molecule has 0 N–H and O–H groups in total. The van der Waals surface area contributed by atoms with Crippen molar-refractivity contribution in [3.63, 3.8) is 0 Å². The Morgan fingerprint density at radius 3 is 2.44 bits per heavy atom. The number of hydrogen-bond acceptors (Lipinski definition) is 3. The van der Waals surface area contributed by atoms with E-state index in [-0.39, 0.29) is 12.2 Å². The van der Waals surface area contributed by atoms with Gasteiger partial charge >= 0.3 is 0 Å². The molecule has 3 heteroatoms. The Labute approximate surface area is 109 Å². The lowest BCUT2D eigenvalue weighted by molar-refractivity contribution is -0.0705. The fourth-order valence-corrected chi connectivity index (χ4v) is 2.62. The normalized spacial score (nSPS) is 24.7. The molecule has 3 nitrogen and oxygen atoms in total. The second-order valence-electron chi connectivity index (χ2n) is 5.06. The number of nitrogens with zero attached hydrogens (tertiary/aromatic N) is 2. The van der Waals surface area contributed by atoms with Crippen LogP contribution in [0.15, 0.2) is 24.3 Å². The van der Waals surface area contributed by atoms with Crippen LogP contribution in [0.3, 0.4) is 0 Å². The molecule has 1 aliphatic heterocycles. The lowest BCUT2D eigenvalue weighted by atomic mass is 10.0. The fourth-order valence-electron chi connectivity index (χ4n) is 2.62. The Bertz CT molecular complexity index is 428. The first kappa shape index (κ1) is 13.1. The number of nitriles is 1. The van der Waals surface area contributed by atoms with Crippen molar-refractivity contribution in [1.29, 1.82) is 5.26 Å². The van der Waals surface area contributed by atoms with E-state index in [4.69, 9.17) is 10.00 Å². The summed E-state index contributed by atoms with van der Waals surface area (Å²) in [6.07, 6.45) is 1.07. The smallest absolute Gasteiger partial charge is 0.0678 e. The summed E-state index contributed by atoms with van der Waals surface area (Å²) in [6, 6.07) is 10.5. The largest absolute Gasteiger partial charge is 0.373 e. The minimum atomic E-state index is 0.289. The molecular formula is C15H20N2O. The number of ether oxygens (including phenoxy) is 1. The monoisotopic (exact) mass is 244 g/mol. The summed E-state index contributed by atoms with van der Waals surface area (Å²) < 4.78 is 5.74. The van der Waals surface area contributed by atoms with Gasteiger partial charge in [0.05, 0.1) is 24.7 Å². The molecule has 0 spiro atoms. The van der Waals surface area contributed by atoms with Crippen molar-refractivity contribution in [3.8, 4) is 6.07 Å². The van der Waals surface area contributed by atoms with Crippen LogP contribution in [-0.4, -0.2) is 30.2 Å². The molecule has 1 fully saturated rings. The van der Waals surface area contributed by atoms with E-state index < -0.39 is 0 Å². The van der Waals surface area contributed by atoms with Crippen LogP contribution in [0.5, 0.6) is 0 Å². The Hall–Kier alpha value is -1.37. The minimum absolute atomic E-state index is 0.289. The summed E-state index contributed by atoms with van der Waals surface area (Å²) in [5.74, 6) is 0. The molecule has 0 aromatic heterocycles. The van der Waals surface area contributed by atoms with E-state index in [9.17, 15) is 0 Å². The van der Waals surface area contributed by atoms with Crippen LogP contribution >= 0.6 is 0 Å². The molecule has 18 heavy (non-hydrogen) atoms. The third-order valence-corrected chi connectivity index (χ3v) is 3.28. The second-order valence-corrected chi connectivity index (χ2v) is 5.06. The number of benzene rings is 1. The zero-order valence-corrected chi connectivity index (χ0v) is 11.1. The van der Waals surface area contributed by atoms with Gasteiger partial charge in [0.15, 0.2) is 0 Å². The number of hydrogen-bond donors (Lipinski definition) is 0. The Kier molecular flexibility index (Phi) is 4.35. The lowest BCUT2D eigenvalue weighted by Crippen LogP contribution is -2.44. The molecule has 2 rings (SSSR count). The molecule has 1 aromatic carbocycles. The van der Waals surface area contributed by atoms with Crippen molar-refractivity contribution in [2.75, 3.05) is 13.1 Å². The van der Waals surface area contributed by atoms with E-state index in [2.05, 4.69) is 30.9 Å². The van der Waals surface area contributed by atoms with E-state index >= 15 is 0 Å². The Morgan fingerprint density at radius 2 is 1.83 bits per heavy atom. The maximum atomic E-state index is 8.85. The average molecular weight is 244 g/mol. The highest BCUT2D eigenvalue weighted by Crippen LogP contribution is 2.17. The van der Waals surface area contributed by atoms with E-state index in [1.165, 1.54) is 5.56 Å². The molecular weight excluding hydrogens is 224 g/mol. The summed E-state index contributed by atoms with van der Waals surface area (Å²) >= 11 is 0. The molecule has 1 saturated heterocycles. The average Bonchev–Trinajstić information content (AvgIpc) is 2.30. The van der Waals surface area contributed by atoms with Gasteiger partial charge < -0.3 is 4.74 Å². The van der Waals surface area contributed by atoms with Gasteiger partial charge in [0.2, 0.25) is 0 Å². The van der Waals surface area contributed by atoms with Gasteiger partial charge in [-0.15, -0.1) is 0 Å². The third-order valence-electron chi connectivity index (χ3n) is 3.28. The van der Waals surface area contributed by atoms with Gasteiger partial charge in [0.1, 0.15) is 0 Å². The van der Waals surface area contributed by atoms with Crippen LogP contribution in [-0.2, 0) is 17.7 Å². The summed E-state index contributed by atoms with van der Waals surface area (Å²) in [7, 11) is 0.